The van der Waals surface area contributed by atoms with Gasteiger partial charge in [0.1, 0.15) is 0 Å². The molecule has 2 aromatic carbocycles. The van der Waals surface area contributed by atoms with Gasteiger partial charge in [0.25, 0.3) is 5.56 Å². The number of para-hydroxylation sites is 1. The van der Waals surface area contributed by atoms with Gasteiger partial charge >= 0.3 is 0 Å². The molecule has 0 unspecified atom stereocenters. The maximum absolute atomic E-state index is 13.3. The molecule has 1 N–H and O–H groups in total. The maximum Gasteiger partial charge on any atom is 0.266 e. The van der Waals surface area contributed by atoms with Crippen LogP contribution >= 0.6 is 11.8 Å². The Kier molecular flexibility index (Phi) is 4.81. The molecule has 8 heteroatoms. The fraction of sp³-hybridized carbons (Fsp3) is 0.300. The predicted molar refractivity (Wildman–Crippen MR) is 111 cm³/mol. The Morgan fingerprint density at radius 1 is 1.11 bits per heavy atom. The van der Waals surface area contributed by atoms with Gasteiger partial charge in [-0.2, -0.15) is 0 Å². The van der Waals surface area contributed by atoms with E-state index in [2.05, 4.69) is 4.98 Å². The molecule has 1 aliphatic heterocycles. The summed E-state index contributed by atoms with van der Waals surface area (Å²) in [5.41, 5.74) is 3.03. The molecule has 1 saturated heterocycles. The smallest absolute Gasteiger partial charge is 0.266 e. The molecule has 4 rings (SSSR count). The Bertz CT molecular complexity index is 1210. The summed E-state index contributed by atoms with van der Waals surface area (Å²) in [6.07, 6.45) is -0.980. The van der Waals surface area contributed by atoms with E-state index in [1.807, 2.05) is 32.0 Å². The summed E-state index contributed by atoms with van der Waals surface area (Å²) in [4.78, 5) is 17.9. The molecule has 0 aliphatic carbocycles. The first-order chi connectivity index (χ1) is 13.2. The second kappa shape index (κ2) is 7.02. The van der Waals surface area contributed by atoms with Crippen molar-refractivity contribution in [3.05, 3.63) is 63.9 Å². The van der Waals surface area contributed by atoms with E-state index in [9.17, 15) is 18.3 Å². The summed E-state index contributed by atoms with van der Waals surface area (Å²) in [5.74, 6) is -0.388. The standard InChI is InChI=1S/C20H20N2O4S2/c1-12-7-13(2)9-14(8-12)22-19(24)15-5-3-4-6-16(15)21-20(22)27-18-11-28(25,26)10-17(18)23/h3-9,17-18,23H,10-11H2,1-2H3/t17-,18+/m0/s1. The van der Waals surface area contributed by atoms with Gasteiger partial charge in [0.05, 0.1) is 39.4 Å². The molecule has 2 heterocycles. The van der Waals surface area contributed by atoms with Gasteiger partial charge in [-0.05, 0) is 49.2 Å². The van der Waals surface area contributed by atoms with Crippen molar-refractivity contribution in [1.82, 2.24) is 9.55 Å². The number of aromatic nitrogens is 2. The zero-order valence-corrected chi connectivity index (χ0v) is 17.1. The van der Waals surface area contributed by atoms with Crippen molar-refractivity contribution < 1.29 is 13.5 Å². The van der Waals surface area contributed by atoms with Gasteiger partial charge in [0.15, 0.2) is 15.0 Å². The van der Waals surface area contributed by atoms with Crippen LogP contribution in [0.1, 0.15) is 11.1 Å². The molecule has 1 aromatic heterocycles. The van der Waals surface area contributed by atoms with E-state index >= 15 is 0 Å². The number of hydrogen-bond donors (Lipinski definition) is 1. The molecular weight excluding hydrogens is 396 g/mol. The van der Waals surface area contributed by atoms with Crippen LogP contribution in [-0.2, 0) is 9.84 Å². The molecule has 1 aliphatic rings. The molecule has 0 spiro atoms. The van der Waals surface area contributed by atoms with Crippen LogP contribution in [0.3, 0.4) is 0 Å². The normalized spacial score (nSPS) is 21.2. The molecular formula is C20H20N2O4S2. The number of sulfone groups is 1. The number of hydrogen-bond acceptors (Lipinski definition) is 6. The Labute approximate surface area is 167 Å². The van der Waals surface area contributed by atoms with Crippen molar-refractivity contribution >= 4 is 32.5 Å². The zero-order chi connectivity index (χ0) is 20.1. The number of fused-ring (bicyclic) bond motifs is 1. The van der Waals surface area contributed by atoms with Crippen LogP contribution in [0.2, 0.25) is 0 Å². The highest BCUT2D eigenvalue weighted by Gasteiger charge is 2.38. The Morgan fingerprint density at radius 3 is 2.43 bits per heavy atom. The van der Waals surface area contributed by atoms with Crippen LogP contribution in [0.25, 0.3) is 16.6 Å². The van der Waals surface area contributed by atoms with E-state index in [0.29, 0.717) is 21.7 Å². The van der Waals surface area contributed by atoms with Gasteiger partial charge in [0.2, 0.25) is 0 Å². The van der Waals surface area contributed by atoms with Crippen molar-refractivity contribution in [2.45, 2.75) is 30.4 Å². The first-order valence-electron chi connectivity index (χ1n) is 8.89. The van der Waals surface area contributed by atoms with E-state index in [-0.39, 0.29) is 17.1 Å². The van der Waals surface area contributed by atoms with Crippen LogP contribution in [0.4, 0.5) is 0 Å². The van der Waals surface area contributed by atoms with Gasteiger partial charge in [0, 0.05) is 0 Å². The summed E-state index contributed by atoms with van der Waals surface area (Å²) in [6.45, 7) is 3.91. The number of aliphatic hydroxyl groups is 1. The van der Waals surface area contributed by atoms with E-state index < -0.39 is 21.2 Å². The van der Waals surface area contributed by atoms with Crippen LogP contribution in [0, 0.1) is 13.8 Å². The van der Waals surface area contributed by atoms with E-state index in [4.69, 9.17) is 0 Å². The molecule has 146 valence electrons. The van der Waals surface area contributed by atoms with Crippen LogP contribution < -0.4 is 5.56 Å². The molecule has 0 radical (unpaired) electrons. The summed E-state index contributed by atoms with van der Waals surface area (Å²) < 4.78 is 25.3. The lowest BCUT2D eigenvalue weighted by Crippen LogP contribution is -2.25. The molecule has 0 bridgehead atoms. The summed E-state index contributed by atoms with van der Waals surface area (Å²) in [7, 11) is -3.29. The number of benzene rings is 2. The average molecular weight is 417 g/mol. The van der Waals surface area contributed by atoms with Crippen LogP contribution in [0.15, 0.2) is 52.4 Å². The minimum absolute atomic E-state index is 0.131. The molecule has 28 heavy (non-hydrogen) atoms. The molecule has 6 nitrogen and oxygen atoms in total. The van der Waals surface area contributed by atoms with E-state index in [1.165, 1.54) is 4.57 Å². The van der Waals surface area contributed by atoms with E-state index in [0.717, 1.165) is 22.9 Å². The third-order valence-electron chi connectivity index (χ3n) is 4.74. The third kappa shape index (κ3) is 3.59. The Balaban J connectivity index is 1.92. The molecule has 3 aromatic rings. The van der Waals surface area contributed by atoms with Gasteiger partial charge in [-0.15, -0.1) is 0 Å². The number of thioether (sulfide) groups is 1. The lowest BCUT2D eigenvalue weighted by Gasteiger charge is -2.17. The number of rotatable bonds is 3. The van der Waals surface area contributed by atoms with Crippen LogP contribution in [-0.4, -0.2) is 45.9 Å². The summed E-state index contributed by atoms with van der Waals surface area (Å²) in [5, 5.41) is 10.5. The zero-order valence-electron chi connectivity index (χ0n) is 15.5. The van der Waals surface area contributed by atoms with Crippen molar-refractivity contribution in [3.63, 3.8) is 0 Å². The summed E-state index contributed by atoms with van der Waals surface area (Å²) >= 11 is 1.15. The second-order valence-corrected chi connectivity index (χ2v) is 10.6. The molecule has 0 amide bonds. The minimum Gasteiger partial charge on any atom is -0.391 e. The first-order valence-corrected chi connectivity index (χ1v) is 11.6. The van der Waals surface area contributed by atoms with Crippen molar-refractivity contribution in [1.29, 1.82) is 0 Å². The van der Waals surface area contributed by atoms with Gasteiger partial charge < -0.3 is 5.11 Å². The quantitative estimate of drug-likeness (QED) is 0.659. The highest BCUT2D eigenvalue weighted by Crippen LogP contribution is 2.32. The number of aryl methyl sites for hydroxylation is 2. The van der Waals surface area contributed by atoms with Crippen molar-refractivity contribution in [2.24, 2.45) is 0 Å². The van der Waals surface area contributed by atoms with Gasteiger partial charge in [-0.3, -0.25) is 9.36 Å². The number of nitrogens with zero attached hydrogens (tertiary/aromatic N) is 2. The average Bonchev–Trinajstić information content (AvgIpc) is 2.86. The van der Waals surface area contributed by atoms with E-state index in [1.54, 1.807) is 24.3 Å². The molecule has 1 fully saturated rings. The molecule has 2 atom stereocenters. The van der Waals surface area contributed by atoms with Gasteiger partial charge in [-0.1, -0.05) is 30.0 Å². The largest absolute Gasteiger partial charge is 0.391 e. The topological polar surface area (TPSA) is 89.3 Å². The van der Waals surface area contributed by atoms with Crippen molar-refractivity contribution in [2.75, 3.05) is 11.5 Å². The first kappa shape index (κ1) is 19.2. The highest BCUT2D eigenvalue weighted by atomic mass is 32.2. The lowest BCUT2D eigenvalue weighted by molar-refractivity contribution is 0.207. The monoisotopic (exact) mass is 416 g/mol. The maximum atomic E-state index is 13.3. The number of aliphatic hydroxyl groups excluding tert-OH is 1. The Hall–Kier alpha value is -2.16. The van der Waals surface area contributed by atoms with Crippen LogP contribution in [0.5, 0.6) is 0 Å². The highest BCUT2D eigenvalue weighted by molar-refractivity contribution is 8.01. The second-order valence-electron chi connectivity index (χ2n) is 7.20. The van der Waals surface area contributed by atoms with Gasteiger partial charge in [-0.25, -0.2) is 13.4 Å². The fourth-order valence-electron chi connectivity index (χ4n) is 3.54. The SMILES string of the molecule is Cc1cc(C)cc(-n2c(S[C@@H]3CS(=O)(=O)C[C@@H]3O)nc3ccccc3c2=O)c1. The summed E-state index contributed by atoms with van der Waals surface area (Å²) in [6, 6.07) is 12.9. The molecule has 0 saturated carbocycles. The predicted octanol–water partition coefficient (Wildman–Crippen LogP) is 2.25. The third-order valence-corrected chi connectivity index (χ3v) is 7.93. The lowest BCUT2D eigenvalue weighted by atomic mass is 10.1. The Morgan fingerprint density at radius 2 is 1.79 bits per heavy atom. The fourth-order valence-corrected chi connectivity index (χ4v) is 7.14. The minimum atomic E-state index is -3.29. The van der Waals surface area contributed by atoms with Crippen molar-refractivity contribution in [3.8, 4) is 5.69 Å².